The zero-order valence-corrected chi connectivity index (χ0v) is 18.6. The first-order valence-corrected chi connectivity index (χ1v) is 12.0. The Morgan fingerprint density at radius 2 is 1.74 bits per heavy atom. The number of nitrogens with one attached hydrogen (secondary N) is 1. The molecule has 3 atom stereocenters. The van der Waals surface area contributed by atoms with Gasteiger partial charge in [0.05, 0.1) is 0 Å². The summed E-state index contributed by atoms with van der Waals surface area (Å²) in [5, 5.41) is 3.06. The molecule has 0 aromatic heterocycles. The summed E-state index contributed by atoms with van der Waals surface area (Å²) < 4.78 is 6.27. The Morgan fingerprint density at radius 1 is 1.00 bits per heavy atom. The first-order chi connectivity index (χ1) is 15.2. The van der Waals surface area contributed by atoms with Gasteiger partial charge in [0.2, 0.25) is 0 Å². The van der Waals surface area contributed by atoms with Crippen LogP contribution < -0.4 is 10.1 Å². The van der Waals surface area contributed by atoms with E-state index in [0.717, 1.165) is 29.7 Å². The summed E-state index contributed by atoms with van der Waals surface area (Å²) in [6.45, 7) is 0.513. The second kappa shape index (κ2) is 9.04. The van der Waals surface area contributed by atoms with Gasteiger partial charge in [-0.3, -0.25) is 4.79 Å². The second-order valence-electron chi connectivity index (χ2n) is 9.71. The number of carbonyl (C=O) groups is 1. The Labute approximate surface area is 186 Å². The van der Waals surface area contributed by atoms with Crippen molar-refractivity contribution in [3.8, 4) is 5.75 Å². The number of piperidine rings is 1. The highest BCUT2D eigenvalue weighted by molar-refractivity contribution is 5.94. The smallest absolute Gasteiger partial charge is 0.251 e. The minimum absolute atomic E-state index is 0.0167. The summed E-state index contributed by atoms with van der Waals surface area (Å²) in [5.74, 6) is 1.57. The molecule has 1 amide bonds. The minimum Gasteiger partial charge on any atom is -0.490 e. The molecule has 4 heteroatoms. The molecule has 1 unspecified atom stereocenters. The third kappa shape index (κ3) is 4.64. The van der Waals surface area contributed by atoms with Crippen LogP contribution in [0.15, 0.2) is 48.5 Å². The van der Waals surface area contributed by atoms with Crippen LogP contribution in [0, 0.1) is 0 Å². The lowest BCUT2D eigenvalue weighted by atomic mass is 9.78. The van der Waals surface area contributed by atoms with E-state index in [0.29, 0.717) is 30.7 Å². The summed E-state index contributed by atoms with van der Waals surface area (Å²) in [5.41, 5.74) is 3.19. The Hall–Kier alpha value is -2.33. The van der Waals surface area contributed by atoms with Gasteiger partial charge in [0, 0.05) is 24.2 Å². The molecule has 2 aliphatic carbocycles. The lowest BCUT2D eigenvalue weighted by Crippen LogP contribution is -2.60. The van der Waals surface area contributed by atoms with E-state index in [4.69, 9.17) is 4.74 Å². The second-order valence-corrected chi connectivity index (χ2v) is 9.71. The zero-order chi connectivity index (χ0) is 21.2. The highest BCUT2D eigenvalue weighted by Crippen LogP contribution is 2.38. The predicted octanol–water partition coefficient (Wildman–Crippen LogP) is 5.28. The van der Waals surface area contributed by atoms with Gasteiger partial charge in [-0.05, 0) is 80.5 Å². The molecule has 2 saturated heterocycles. The number of ether oxygens (including phenoxy) is 1. The van der Waals surface area contributed by atoms with E-state index >= 15 is 0 Å². The lowest BCUT2D eigenvalue weighted by Gasteiger charge is -2.53. The Kier molecular flexibility index (Phi) is 5.99. The molecule has 4 nitrogen and oxygen atoms in total. The molecule has 2 aliphatic heterocycles. The number of rotatable bonds is 6. The van der Waals surface area contributed by atoms with E-state index in [1.165, 1.54) is 44.1 Å². The highest BCUT2D eigenvalue weighted by Gasteiger charge is 2.43. The third-order valence-electron chi connectivity index (χ3n) is 7.67. The van der Waals surface area contributed by atoms with Crippen molar-refractivity contribution in [3.63, 3.8) is 0 Å². The van der Waals surface area contributed by atoms with Gasteiger partial charge in [0.25, 0.3) is 5.91 Å². The molecule has 4 aliphatic rings. The van der Waals surface area contributed by atoms with Crippen LogP contribution in [0.3, 0.4) is 0 Å². The van der Waals surface area contributed by atoms with Gasteiger partial charge < -0.3 is 15.0 Å². The Bertz CT molecular complexity index is 892. The van der Waals surface area contributed by atoms with Gasteiger partial charge in [0.15, 0.2) is 0 Å². The number of benzene rings is 2. The molecule has 4 fully saturated rings. The van der Waals surface area contributed by atoms with Crippen LogP contribution in [0.5, 0.6) is 5.75 Å². The van der Waals surface area contributed by atoms with Crippen LogP contribution in [0.4, 0.5) is 0 Å². The number of carbonyl (C=O) groups excluding carboxylic acids is 1. The number of nitrogens with zero attached hydrogens (tertiary/aromatic N) is 1. The molecule has 6 rings (SSSR count). The van der Waals surface area contributed by atoms with Crippen LogP contribution in [0.1, 0.15) is 78.8 Å². The van der Waals surface area contributed by atoms with E-state index in [1.54, 1.807) is 0 Å². The SMILES string of the molecule is CN1[C@@H]2CC(Oc3cccc(CNC(=O)c4ccc(C5CCCCC5)cc4)c3)C[C@H]1C2. The quantitative estimate of drug-likeness (QED) is 0.694. The average Bonchev–Trinajstić information content (AvgIpc) is 2.83. The van der Waals surface area contributed by atoms with E-state index in [2.05, 4.69) is 35.5 Å². The number of amides is 1. The standard InChI is InChI=1S/C27H34N2O2/c1-29-23-15-24(29)17-26(16-23)31-25-9-5-6-19(14-25)18-28-27(30)22-12-10-21(11-13-22)20-7-3-2-4-8-20/h5-6,9-14,20,23-24,26H,2-4,7-8,15-18H2,1H3,(H,28,30)/t23-,24+,26?. The van der Waals surface area contributed by atoms with Gasteiger partial charge in [-0.15, -0.1) is 0 Å². The highest BCUT2D eigenvalue weighted by atomic mass is 16.5. The normalized spacial score (nSPS) is 26.2. The summed E-state index contributed by atoms with van der Waals surface area (Å²) >= 11 is 0. The molecule has 2 saturated carbocycles. The molecule has 2 bridgehead atoms. The topological polar surface area (TPSA) is 41.6 Å². The molecular formula is C27H34N2O2. The van der Waals surface area contributed by atoms with E-state index < -0.39 is 0 Å². The van der Waals surface area contributed by atoms with Crippen molar-refractivity contribution in [2.75, 3.05) is 7.05 Å². The van der Waals surface area contributed by atoms with Crippen molar-refractivity contribution in [2.45, 2.75) is 82.0 Å². The largest absolute Gasteiger partial charge is 0.490 e. The fourth-order valence-electron chi connectivity index (χ4n) is 5.68. The maximum absolute atomic E-state index is 12.6. The summed E-state index contributed by atoms with van der Waals surface area (Å²) in [4.78, 5) is 15.1. The van der Waals surface area contributed by atoms with Crippen LogP contribution >= 0.6 is 0 Å². The van der Waals surface area contributed by atoms with Crippen LogP contribution in [-0.4, -0.2) is 36.0 Å². The Balaban J connectivity index is 1.14. The van der Waals surface area contributed by atoms with Crippen molar-refractivity contribution in [1.82, 2.24) is 10.2 Å². The molecule has 2 aromatic rings. The van der Waals surface area contributed by atoms with Gasteiger partial charge in [-0.25, -0.2) is 0 Å². The summed E-state index contributed by atoms with van der Waals surface area (Å²) in [6, 6.07) is 17.8. The van der Waals surface area contributed by atoms with E-state index in [1.807, 2.05) is 30.3 Å². The molecular weight excluding hydrogens is 384 g/mol. The molecule has 31 heavy (non-hydrogen) atoms. The molecule has 1 N–H and O–H groups in total. The number of hydrogen-bond acceptors (Lipinski definition) is 3. The molecule has 2 heterocycles. The van der Waals surface area contributed by atoms with Crippen molar-refractivity contribution < 1.29 is 9.53 Å². The van der Waals surface area contributed by atoms with Crippen LogP contribution in [0.2, 0.25) is 0 Å². The van der Waals surface area contributed by atoms with Gasteiger partial charge in [-0.2, -0.15) is 0 Å². The number of fused-ring (bicyclic) bond motifs is 2. The molecule has 164 valence electrons. The van der Waals surface area contributed by atoms with Crippen molar-refractivity contribution >= 4 is 5.91 Å². The minimum atomic E-state index is -0.0167. The molecule has 0 radical (unpaired) electrons. The van der Waals surface area contributed by atoms with E-state index in [9.17, 15) is 4.79 Å². The van der Waals surface area contributed by atoms with Gasteiger partial charge in [-0.1, -0.05) is 43.5 Å². The maximum Gasteiger partial charge on any atom is 0.251 e. The fraction of sp³-hybridized carbons (Fsp3) is 0.519. The third-order valence-corrected chi connectivity index (χ3v) is 7.67. The first-order valence-electron chi connectivity index (χ1n) is 12.0. The summed E-state index contributed by atoms with van der Waals surface area (Å²) in [6.07, 6.45) is 10.4. The van der Waals surface area contributed by atoms with Crippen molar-refractivity contribution in [3.05, 3.63) is 65.2 Å². The maximum atomic E-state index is 12.6. The lowest BCUT2D eigenvalue weighted by molar-refractivity contribution is -0.0559. The molecule has 0 spiro atoms. The predicted molar refractivity (Wildman–Crippen MR) is 123 cm³/mol. The van der Waals surface area contributed by atoms with Gasteiger partial charge in [0.1, 0.15) is 11.9 Å². The zero-order valence-electron chi connectivity index (χ0n) is 18.6. The van der Waals surface area contributed by atoms with Crippen LogP contribution in [-0.2, 0) is 6.54 Å². The summed E-state index contributed by atoms with van der Waals surface area (Å²) in [7, 11) is 2.22. The average molecular weight is 419 g/mol. The first kappa shape index (κ1) is 20.6. The van der Waals surface area contributed by atoms with Crippen molar-refractivity contribution in [1.29, 1.82) is 0 Å². The van der Waals surface area contributed by atoms with Gasteiger partial charge >= 0.3 is 0 Å². The Morgan fingerprint density at radius 3 is 2.45 bits per heavy atom. The fourth-order valence-corrected chi connectivity index (χ4v) is 5.68. The number of hydrogen-bond donors (Lipinski definition) is 1. The van der Waals surface area contributed by atoms with Crippen LogP contribution in [0.25, 0.3) is 0 Å². The molecule has 2 aromatic carbocycles. The van der Waals surface area contributed by atoms with Crippen molar-refractivity contribution in [2.24, 2.45) is 0 Å². The van der Waals surface area contributed by atoms with E-state index in [-0.39, 0.29) is 5.91 Å². The monoisotopic (exact) mass is 418 g/mol.